The second kappa shape index (κ2) is 4.26. The van der Waals surface area contributed by atoms with E-state index >= 15 is 0 Å². The summed E-state index contributed by atoms with van der Waals surface area (Å²) in [6, 6.07) is 2.44. The summed E-state index contributed by atoms with van der Waals surface area (Å²) in [4.78, 5) is 0. The zero-order valence-corrected chi connectivity index (χ0v) is 10.6. The highest BCUT2D eigenvalue weighted by Gasteiger charge is 2.45. The van der Waals surface area contributed by atoms with Gasteiger partial charge in [-0.3, -0.25) is 0 Å². The van der Waals surface area contributed by atoms with Gasteiger partial charge in [0.05, 0.1) is 12.6 Å². The molecule has 0 aromatic heterocycles. The van der Waals surface area contributed by atoms with Gasteiger partial charge in [-0.2, -0.15) is 0 Å². The Kier molecular flexibility index (Phi) is 3.17. The molecule has 1 aliphatic heterocycles. The standard InChI is InChI=1S/C13H17F2NO2/c1-8-13(17,18-7-12(2,3)16-8)9-4-10(14)6-11(15)5-9/h4-6,8,16-17H,7H2,1-3H3/t8-,13+/m0/s1. The Balaban J connectivity index is 2.36. The molecule has 2 N–H and O–H groups in total. The van der Waals surface area contributed by atoms with Crippen LogP contribution in [-0.4, -0.2) is 23.3 Å². The largest absolute Gasteiger partial charge is 0.361 e. The van der Waals surface area contributed by atoms with Gasteiger partial charge >= 0.3 is 0 Å². The highest BCUT2D eigenvalue weighted by atomic mass is 19.1. The van der Waals surface area contributed by atoms with Crippen molar-refractivity contribution in [3.05, 3.63) is 35.4 Å². The first-order valence-corrected chi connectivity index (χ1v) is 5.83. The van der Waals surface area contributed by atoms with Gasteiger partial charge in [0.2, 0.25) is 5.79 Å². The lowest BCUT2D eigenvalue weighted by atomic mass is 9.92. The van der Waals surface area contributed by atoms with Crippen molar-refractivity contribution in [2.24, 2.45) is 0 Å². The molecule has 0 bridgehead atoms. The molecule has 18 heavy (non-hydrogen) atoms. The molecule has 0 saturated carbocycles. The smallest absolute Gasteiger partial charge is 0.208 e. The number of aliphatic hydroxyl groups is 1. The Bertz CT molecular complexity index is 444. The molecule has 0 radical (unpaired) electrons. The molecule has 1 aliphatic rings. The van der Waals surface area contributed by atoms with Crippen LogP contribution in [0.25, 0.3) is 0 Å². The van der Waals surface area contributed by atoms with E-state index in [1.807, 2.05) is 13.8 Å². The van der Waals surface area contributed by atoms with E-state index in [0.29, 0.717) is 0 Å². The highest BCUT2D eigenvalue weighted by Crippen LogP contribution is 2.33. The topological polar surface area (TPSA) is 41.5 Å². The molecule has 0 amide bonds. The average molecular weight is 257 g/mol. The molecule has 0 unspecified atom stereocenters. The summed E-state index contributed by atoms with van der Waals surface area (Å²) in [5, 5.41) is 13.6. The van der Waals surface area contributed by atoms with Crippen molar-refractivity contribution < 1.29 is 18.6 Å². The fraction of sp³-hybridized carbons (Fsp3) is 0.538. The van der Waals surface area contributed by atoms with E-state index in [1.54, 1.807) is 6.92 Å². The van der Waals surface area contributed by atoms with Crippen LogP contribution < -0.4 is 5.32 Å². The number of ether oxygens (including phenoxy) is 1. The molecule has 2 atom stereocenters. The fourth-order valence-electron chi connectivity index (χ4n) is 2.24. The lowest BCUT2D eigenvalue weighted by molar-refractivity contribution is -0.263. The second-order valence-electron chi connectivity index (χ2n) is 5.39. The van der Waals surface area contributed by atoms with Crippen molar-refractivity contribution in [3.8, 4) is 0 Å². The number of hydrogen-bond acceptors (Lipinski definition) is 3. The number of benzene rings is 1. The molecule has 1 aromatic rings. The third-order valence-electron chi connectivity index (χ3n) is 3.12. The number of hydrogen-bond donors (Lipinski definition) is 2. The first kappa shape index (κ1) is 13.4. The molecule has 1 heterocycles. The monoisotopic (exact) mass is 257 g/mol. The molecule has 1 fully saturated rings. The highest BCUT2D eigenvalue weighted by molar-refractivity contribution is 5.25. The Labute approximate surface area is 105 Å². The number of rotatable bonds is 1. The van der Waals surface area contributed by atoms with Crippen molar-refractivity contribution in [1.82, 2.24) is 5.32 Å². The third kappa shape index (κ3) is 2.39. The van der Waals surface area contributed by atoms with Crippen molar-refractivity contribution in [1.29, 1.82) is 0 Å². The zero-order valence-electron chi connectivity index (χ0n) is 10.6. The summed E-state index contributed by atoms with van der Waals surface area (Å²) in [6.45, 7) is 5.81. The third-order valence-corrected chi connectivity index (χ3v) is 3.12. The lowest BCUT2D eigenvalue weighted by Gasteiger charge is -2.46. The summed E-state index contributed by atoms with van der Waals surface area (Å²) < 4.78 is 31.9. The van der Waals surface area contributed by atoms with E-state index in [2.05, 4.69) is 5.32 Å². The van der Waals surface area contributed by atoms with Crippen molar-refractivity contribution in [2.45, 2.75) is 38.1 Å². The first-order chi connectivity index (χ1) is 8.23. The first-order valence-electron chi connectivity index (χ1n) is 5.83. The average Bonchev–Trinajstić information content (AvgIpc) is 2.22. The quantitative estimate of drug-likeness (QED) is 0.807. The van der Waals surface area contributed by atoms with Crippen LogP contribution in [0.3, 0.4) is 0 Å². The number of morpholine rings is 1. The zero-order chi connectivity index (χ0) is 13.6. The Morgan fingerprint density at radius 1 is 1.28 bits per heavy atom. The van der Waals surface area contributed by atoms with Crippen molar-refractivity contribution in [2.75, 3.05) is 6.61 Å². The SMILES string of the molecule is C[C@@H]1NC(C)(C)CO[C@@]1(O)c1cc(F)cc(F)c1. The Hall–Kier alpha value is -1.04. The minimum absolute atomic E-state index is 0.0792. The van der Waals surface area contributed by atoms with Gasteiger partial charge in [0.15, 0.2) is 0 Å². The van der Waals surface area contributed by atoms with Crippen LogP contribution >= 0.6 is 0 Å². The van der Waals surface area contributed by atoms with E-state index in [1.165, 1.54) is 0 Å². The predicted octanol–water partition coefficient (Wildman–Crippen LogP) is 1.90. The van der Waals surface area contributed by atoms with Crippen LogP contribution in [0.4, 0.5) is 8.78 Å². The van der Waals surface area contributed by atoms with Crippen molar-refractivity contribution in [3.63, 3.8) is 0 Å². The second-order valence-corrected chi connectivity index (χ2v) is 5.39. The molecule has 5 heteroatoms. The summed E-state index contributed by atoms with van der Waals surface area (Å²) in [5.74, 6) is -3.20. The van der Waals surface area contributed by atoms with Crippen LogP contribution in [0.5, 0.6) is 0 Å². The number of halogens is 2. The van der Waals surface area contributed by atoms with E-state index in [0.717, 1.165) is 18.2 Å². The van der Waals surface area contributed by atoms with Gasteiger partial charge in [-0.05, 0) is 32.9 Å². The van der Waals surface area contributed by atoms with Gasteiger partial charge in [0.25, 0.3) is 0 Å². The Morgan fingerprint density at radius 2 is 1.83 bits per heavy atom. The molecule has 100 valence electrons. The maximum Gasteiger partial charge on any atom is 0.208 e. The molecule has 0 spiro atoms. The van der Waals surface area contributed by atoms with Crippen LogP contribution in [0.1, 0.15) is 26.3 Å². The summed E-state index contributed by atoms with van der Waals surface area (Å²) >= 11 is 0. The fourth-order valence-corrected chi connectivity index (χ4v) is 2.24. The van der Waals surface area contributed by atoms with E-state index in [-0.39, 0.29) is 17.7 Å². The van der Waals surface area contributed by atoms with Crippen LogP contribution in [0.2, 0.25) is 0 Å². The minimum Gasteiger partial charge on any atom is -0.361 e. The number of nitrogens with one attached hydrogen (secondary N) is 1. The van der Waals surface area contributed by atoms with Gasteiger partial charge in [-0.1, -0.05) is 0 Å². The summed E-state index contributed by atoms with van der Waals surface area (Å²) in [5.41, 5.74) is -0.215. The summed E-state index contributed by atoms with van der Waals surface area (Å²) in [6.07, 6.45) is 0. The van der Waals surface area contributed by atoms with Crippen LogP contribution in [-0.2, 0) is 10.5 Å². The summed E-state index contributed by atoms with van der Waals surface area (Å²) in [7, 11) is 0. The van der Waals surface area contributed by atoms with Gasteiger partial charge in [0.1, 0.15) is 11.6 Å². The lowest BCUT2D eigenvalue weighted by Crippen LogP contribution is -2.63. The molecule has 1 saturated heterocycles. The van der Waals surface area contributed by atoms with Gasteiger partial charge in [-0.15, -0.1) is 0 Å². The van der Waals surface area contributed by atoms with Gasteiger partial charge in [-0.25, -0.2) is 8.78 Å². The maximum absolute atomic E-state index is 13.2. The van der Waals surface area contributed by atoms with E-state index in [9.17, 15) is 13.9 Å². The molecule has 2 rings (SSSR count). The molecular formula is C13H17F2NO2. The van der Waals surface area contributed by atoms with Crippen molar-refractivity contribution >= 4 is 0 Å². The molecule has 0 aliphatic carbocycles. The Morgan fingerprint density at radius 3 is 2.33 bits per heavy atom. The van der Waals surface area contributed by atoms with Crippen LogP contribution in [0.15, 0.2) is 18.2 Å². The van der Waals surface area contributed by atoms with E-state index < -0.39 is 23.5 Å². The predicted molar refractivity (Wildman–Crippen MR) is 62.9 cm³/mol. The molecule has 3 nitrogen and oxygen atoms in total. The van der Waals surface area contributed by atoms with Gasteiger partial charge in [0, 0.05) is 17.2 Å². The van der Waals surface area contributed by atoms with E-state index in [4.69, 9.17) is 4.74 Å². The minimum atomic E-state index is -1.72. The molecular weight excluding hydrogens is 240 g/mol. The maximum atomic E-state index is 13.2. The normalized spacial score (nSPS) is 31.3. The van der Waals surface area contributed by atoms with Crippen LogP contribution in [0, 0.1) is 11.6 Å². The van der Waals surface area contributed by atoms with Gasteiger partial charge < -0.3 is 15.2 Å². The molecule has 1 aromatic carbocycles.